The highest BCUT2D eigenvalue weighted by atomic mass is 79.9. The number of anilines is 1. The van der Waals surface area contributed by atoms with Crippen LogP contribution >= 0.6 is 31.9 Å². The second-order valence-corrected chi connectivity index (χ2v) is 6.30. The lowest BCUT2D eigenvalue weighted by atomic mass is 10.2. The van der Waals surface area contributed by atoms with E-state index in [9.17, 15) is 0 Å². The lowest BCUT2D eigenvalue weighted by Crippen LogP contribution is -2.02. The fourth-order valence-electron chi connectivity index (χ4n) is 2.07. The average Bonchev–Trinajstić information content (AvgIpc) is 2.90. The molecule has 21 heavy (non-hydrogen) atoms. The van der Waals surface area contributed by atoms with Crippen molar-refractivity contribution in [2.45, 2.75) is 6.92 Å². The summed E-state index contributed by atoms with van der Waals surface area (Å²) in [7, 11) is 0. The summed E-state index contributed by atoms with van der Waals surface area (Å²) in [4.78, 5) is 0. The number of aromatic nitrogens is 4. The molecule has 0 aliphatic carbocycles. The van der Waals surface area contributed by atoms with Crippen LogP contribution in [0.5, 0.6) is 0 Å². The molecular formula is C14H11Br2N5. The zero-order valence-corrected chi connectivity index (χ0v) is 14.3. The van der Waals surface area contributed by atoms with Crippen molar-refractivity contribution in [3.63, 3.8) is 0 Å². The number of nitrogens with two attached hydrogens (primary N) is 1. The first kappa shape index (κ1) is 14.2. The fraction of sp³-hybridized carbons (Fsp3) is 0.0714. The molecule has 0 bridgehead atoms. The van der Waals surface area contributed by atoms with Crippen molar-refractivity contribution in [1.29, 1.82) is 0 Å². The Balaban J connectivity index is 2.19. The molecule has 0 unspecified atom stereocenters. The molecule has 0 spiro atoms. The van der Waals surface area contributed by atoms with Crippen molar-refractivity contribution in [3.8, 4) is 17.1 Å². The third-order valence-electron chi connectivity index (χ3n) is 3.05. The van der Waals surface area contributed by atoms with Crippen molar-refractivity contribution in [3.05, 3.63) is 50.9 Å². The Hall–Kier alpha value is -1.73. The molecule has 2 N–H and O–H groups in total. The van der Waals surface area contributed by atoms with Crippen molar-refractivity contribution in [2.75, 3.05) is 5.73 Å². The highest BCUT2D eigenvalue weighted by Crippen LogP contribution is 2.29. The third-order valence-corrected chi connectivity index (χ3v) is 4.54. The molecule has 0 aliphatic heterocycles. The number of tetrazole rings is 1. The maximum absolute atomic E-state index is 5.89. The van der Waals surface area contributed by atoms with Crippen molar-refractivity contribution < 1.29 is 0 Å². The van der Waals surface area contributed by atoms with Gasteiger partial charge >= 0.3 is 0 Å². The van der Waals surface area contributed by atoms with Gasteiger partial charge in [0.2, 0.25) is 0 Å². The number of rotatable bonds is 2. The molecule has 0 atom stereocenters. The predicted molar refractivity (Wildman–Crippen MR) is 89.1 cm³/mol. The summed E-state index contributed by atoms with van der Waals surface area (Å²) in [5.74, 6) is 0.634. The minimum Gasteiger partial charge on any atom is -0.399 e. The Morgan fingerprint density at radius 2 is 1.95 bits per heavy atom. The number of aryl methyl sites for hydroxylation is 1. The Labute approximate surface area is 138 Å². The van der Waals surface area contributed by atoms with Gasteiger partial charge in [-0.25, -0.2) is 0 Å². The largest absolute Gasteiger partial charge is 0.399 e. The van der Waals surface area contributed by atoms with Crippen LogP contribution in [0.2, 0.25) is 0 Å². The Kier molecular flexibility index (Phi) is 3.77. The zero-order valence-electron chi connectivity index (χ0n) is 11.1. The highest BCUT2D eigenvalue weighted by Gasteiger charge is 2.14. The van der Waals surface area contributed by atoms with E-state index >= 15 is 0 Å². The Bertz CT molecular complexity index is 793. The molecule has 5 nitrogen and oxygen atoms in total. The number of nitrogens with zero attached hydrogens (tertiary/aromatic N) is 4. The third kappa shape index (κ3) is 2.71. The van der Waals surface area contributed by atoms with Gasteiger partial charge in [0.15, 0.2) is 5.82 Å². The van der Waals surface area contributed by atoms with Crippen LogP contribution in [0.25, 0.3) is 17.1 Å². The maximum Gasteiger partial charge on any atom is 0.187 e. The van der Waals surface area contributed by atoms with Crippen LogP contribution in [0.1, 0.15) is 5.56 Å². The predicted octanol–water partition coefficient (Wildman–Crippen LogP) is 3.74. The minimum atomic E-state index is 0.634. The smallest absolute Gasteiger partial charge is 0.187 e. The van der Waals surface area contributed by atoms with E-state index < -0.39 is 0 Å². The molecule has 106 valence electrons. The van der Waals surface area contributed by atoms with Crippen molar-refractivity contribution in [2.24, 2.45) is 0 Å². The molecule has 0 radical (unpaired) electrons. The van der Waals surface area contributed by atoms with Crippen LogP contribution in [0, 0.1) is 6.92 Å². The van der Waals surface area contributed by atoms with Gasteiger partial charge in [0.25, 0.3) is 0 Å². The Morgan fingerprint density at radius 3 is 2.71 bits per heavy atom. The van der Waals surface area contributed by atoms with E-state index in [0.29, 0.717) is 11.5 Å². The first-order valence-corrected chi connectivity index (χ1v) is 7.75. The lowest BCUT2D eigenvalue weighted by molar-refractivity contribution is 0.788. The van der Waals surface area contributed by atoms with E-state index in [1.807, 2.05) is 43.3 Å². The van der Waals surface area contributed by atoms with Crippen molar-refractivity contribution in [1.82, 2.24) is 20.2 Å². The topological polar surface area (TPSA) is 69.6 Å². The quantitative estimate of drug-likeness (QED) is 0.655. The summed E-state index contributed by atoms with van der Waals surface area (Å²) in [6.45, 7) is 2.02. The van der Waals surface area contributed by atoms with Crippen LogP contribution in [0.4, 0.5) is 5.69 Å². The SMILES string of the molecule is Cc1cccc(-n2nnnc2-c2cc(N)cc(Br)c2)c1Br. The maximum atomic E-state index is 5.89. The minimum absolute atomic E-state index is 0.634. The molecule has 1 heterocycles. The molecule has 0 aliphatic rings. The van der Waals surface area contributed by atoms with E-state index in [1.165, 1.54) is 0 Å². The fourth-order valence-corrected chi connectivity index (χ4v) is 3.01. The monoisotopic (exact) mass is 407 g/mol. The molecular weight excluding hydrogens is 398 g/mol. The number of benzene rings is 2. The molecule has 3 rings (SSSR count). The van der Waals surface area contributed by atoms with Gasteiger partial charge < -0.3 is 5.73 Å². The summed E-state index contributed by atoms with van der Waals surface area (Å²) in [5.41, 5.74) is 9.39. The summed E-state index contributed by atoms with van der Waals surface area (Å²) in [6, 6.07) is 11.6. The van der Waals surface area contributed by atoms with Gasteiger partial charge in [-0.3, -0.25) is 0 Å². The molecule has 7 heteroatoms. The van der Waals surface area contributed by atoms with Crippen LogP contribution in [-0.2, 0) is 0 Å². The van der Waals surface area contributed by atoms with E-state index in [0.717, 1.165) is 25.8 Å². The number of nitrogen functional groups attached to an aromatic ring is 1. The van der Waals surface area contributed by atoms with Crippen LogP contribution in [0.15, 0.2) is 45.3 Å². The Morgan fingerprint density at radius 1 is 1.14 bits per heavy atom. The summed E-state index contributed by atoms with van der Waals surface area (Å²) in [5, 5.41) is 12.0. The molecule has 0 saturated carbocycles. The van der Waals surface area contributed by atoms with Crippen molar-refractivity contribution >= 4 is 37.5 Å². The van der Waals surface area contributed by atoms with Gasteiger partial charge in [0, 0.05) is 20.2 Å². The molecule has 0 amide bonds. The number of hydrogen-bond donors (Lipinski definition) is 1. The zero-order chi connectivity index (χ0) is 15.0. The van der Waals surface area contributed by atoms with Gasteiger partial charge in [0.05, 0.1) is 5.69 Å². The summed E-state index contributed by atoms with van der Waals surface area (Å²) in [6.07, 6.45) is 0. The van der Waals surface area contributed by atoms with Gasteiger partial charge in [-0.15, -0.1) is 5.10 Å². The first-order chi connectivity index (χ1) is 10.1. The number of hydrogen-bond acceptors (Lipinski definition) is 4. The van der Waals surface area contributed by atoms with Crippen LogP contribution in [-0.4, -0.2) is 20.2 Å². The van der Waals surface area contributed by atoms with E-state index in [1.54, 1.807) is 4.68 Å². The van der Waals surface area contributed by atoms with Gasteiger partial charge in [-0.05, 0) is 63.1 Å². The van der Waals surface area contributed by atoms with Gasteiger partial charge in [0.1, 0.15) is 0 Å². The molecule has 3 aromatic rings. The first-order valence-electron chi connectivity index (χ1n) is 6.16. The van der Waals surface area contributed by atoms with Crippen LogP contribution < -0.4 is 5.73 Å². The average molecular weight is 409 g/mol. The number of halogens is 2. The standard InChI is InChI=1S/C14H11Br2N5/c1-8-3-2-4-12(13(8)16)21-14(18-19-20-21)9-5-10(15)7-11(17)6-9/h2-7H,17H2,1H3. The molecule has 2 aromatic carbocycles. The summed E-state index contributed by atoms with van der Waals surface area (Å²) < 4.78 is 3.54. The second-order valence-electron chi connectivity index (χ2n) is 4.60. The second kappa shape index (κ2) is 5.57. The normalized spacial score (nSPS) is 10.8. The summed E-state index contributed by atoms with van der Waals surface area (Å²) >= 11 is 7.03. The lowest BCUT2D eigenvalue weighted by Gasteiger charge is -2.09. The highest BCUT2D eigenvalue weighted by molar-refractivity contribution is 9.10. The molecule has 0 saturated heterocycles. The van der Waals surface area contributed by atoms with E-state index in [-0.39, 0.29) is 0 Å². The van der Waals surface area contributed by atoms with Gasteiger partial charge in [-0.1, -0.05) is 28.1 Å². The molecule has 0 fully saturated rings. The molecule has 1 aromatic heterocycles. The van der Waals surface area contributed by atoms with Gasteiger partial charge in [-0.2, -0.15) is 4.68 Å². The van der Waals surface area contributed by atoms with Crippen LogP contribution in [0.3, 0.4) is 0 Å². The van der Waals surface area contributed by atoms with E-state index in [2.05, 4.69) is 47.4 Å². The van der Waals surface area contributed by atoms with E-state index in [4.69, 9.17) is 5.73 Å².